The largest absolute Gasteiger partial charge is 0.350 e. The molecule has 2 rings (SSSR count). The van der Waals surface area contributed by atoms with Crippen molar-refractivity contribution in [1.29, 1.82) is 0 Å². The van der Waals surface area contributed by atoms with Gasteiger partial charge in [0.2, 0.25) is 0 Å². The predicted octanol–water partition coefficient (Wildman–Crippen LogP) is 3.35. The summed E-state index contributed by atoms with van der Waals surface area (Å²) in [4.78, 5) is 12.4. The maximum atomic E-state index is 12.9. The fourth-order valence-electron chi connectivity index (χ4n) is 2.41. The Bertz CT molecular complexity index is 862. The van der Waals surface area contributed by atoms with Crippen molar-refractivity contribution in [2.75, 3.05) is 11.4 Å². The van der Waals surface area contributed by atoms with E-state index in [-0.39, 0.29) is 16.8 Å². The first-order valence-electron chi connectivity index (χ1n) is 8.23. The normalized spacial score (nSPS) is 12.5. The van der Waals surface area contributed by atoms with Crippen LogP contribution in [0.25, 0.3) is 0 Å². The minimum atomic E-state index is -3.75. The maximum Gasteiger partial charge on any atom is 0.264 e. The molecule has 25 heavy (non-hydrogen) atoms. The smallest absolute Gasteiger partial charge is 0.264 e. The Morgan fingerprint density at radius 3 is 2.48 bits per heavy atom. The molecule has 2 aromatic rings. The van der Waals surface area contributed by atoms with Gasteiger partial charge >= 0.3 is 0 Å². The summed E-state index contributed by atoms with van der Waals surface area (Å²) in [6, 6.07) is 13.4. The van der Waals surface area contributed by atoms with Crippen molar-refractivity contribution in [3.05, 3.63) is 59.7 Å². The SMILES string of the molecule is CC[C@@H](C)NC(=O)c1cccc(S(=O)(=O)N(C)c2ccccc2C)c1. The van der Waals surface area contributed by atoms with E-state index in [1.165, 1.54) is 23.5 Å². The molecule has 0 spiro atoms. The highest BCUT2D eigenvalue weighted by atomic mass is 32.2. The lowest BCUT2D eigenvalue weighted by atomic mass is 10.2. The zero-order chi connectivity index (χ0) is 18.6. The van der Waals surface area contributed by atoms with Crippen molar-refractivity contribution in [1.82, 2.24) is 5.32 Å². The fourth-order valence-corrected chi connectivity index (χ4v) is 3.72. The van der Waals surface area contributed by atoms with Crippen LogP contribution in [0.3, 0.4) is 0 Å². The Kier molecular flexibility index (Phi) is 5.85. The second-order valence-electron chi connectivity index (χ2n) is 6.07. The number of carbonyl (C=O) groups is 1. The van der Waals surface area contributed by atoms with Crippen molar-refractivity contribution in [2.45, 2.75) is 38.1 Å². The van der Waals surface area contributed by atoms with Gasteiger partial charge in [-0.25, -0.2) is 8.42 Å². The number of amides is 1. The topological polar surface area (TPSA) is 66.5 Å². The van der Waals surface area contributed by atoms with Crippen LogP contribution in [0.15, 0.2) is 53.4 Å². The molecule has 0 unspecified atom stereocenters. The number of hydrogen-bond donors (Lipinski definition) is 1. The second-order valence-corrected chi connectivity index (χ2v) is 8.04. The molecule has 1 atom stereocenters. The molecule has 134 valence electrons. The lowest BCUT2D eigenvalue weighted by Gasteiger charge is -2.21. The number of rotatable bonds is 6. The van der Waals surface area contributed by atoms with Crippen LogP contribution in [0.1, 0.15) is 36.2 Å². The molecule has 0 aliphatic heterocycles. The summed E-state index contributed by atoms with van der Waals surface area (Å²) in [6.07, 6.45) is 0.805. The molecule has 0 saturated carbocycles. The molecule has 1 N–H and O–H groups in total. The van der Waals surface area contributed by atoms with E-state index in [9.17, 15) is 13.2 Å². The van der Waals surface area contributed by atoms with E-state index in [1.807, 2.05) is 32.9 Å². The number of aryl methyl sites for hydroxylation is 1. The fraction of sp³-hybridized carbons (Fsp3) is 0.316. The molecule has 0 bridgehead atoms. The summed E-state index contributed by atoms with van der Waals surface area (Å²) in [5.74, 6) is -0.273. The molecule has 5 nitrogen and oxygen atoms in total. The Labute approximate surface area is 149 Å². The van der Waals surface area contributed by atoms with E-state index < -0.39 is 10.0 Å². The van der Waals surface area contributed by atoms with Gasteiger partial charge in [-0.1, -0.05) is 31.2 Å². The number of sulfonamides is 1. The van der Waals surface area contributed by atoms with Gasteiger partial charge in [0.1, 0.15) is 0 Å². The summed E-state index contributed by atoms with van der Waals surface area (Å²) < 4.78 is 27.1. The van der Waals surface area contributed by atoms with Gasteiger partial charge in [-0.05, 0) is 50.1 Å². The highest BCUT2D eigenvalue weighted by molar-refractivity contribution is 7.92. The Balaban J connectivity index is 2.36. The molecular weight excluding hydrogens is 336 g/mol. The van der Waals surface area contributed by atoms with Gasteiger partial charge in [0.05, 0.1) is 10.6 Å². The number of carbonyl (C=O) groups excluding carboxylic acids is 1. The number of anilines is 1. The quantitative estimate of drug-likeness (QED) is 0.859. The van der Waals surface area contributed by atoms with Crippen LogP contribution < -0.4 is 9.62 Å². The highest BCUT2D eigenvalue weighted by Gasteiger charge is 2.23. The van der Waals surface area contributed by atoms with Crippen LogP contribution >= 0.6 is 0 Å². The molecule has 0 saturated heterocycles. The van der Waals surface area contributed by atoms with Gasteiger partial charge in [-0.2, -0.15) is 0 Å². The van der Waals surface area contributed by atoms with Gasteiger partial charge in [0.25, 0.3) is 15.9 Å². The van der Waals surface area contributed by atoms with Crippen molar-refractivity contribution in [3.8, 4) is 0 Å². The number of nitrogens with zero attached hydrogens (tertiary/aromatic N) is 1. The summed E-state index contributed by atoms with van der Waals surface area (Å²) >= 11 is 0. The standard InChI is InChI=1S/C19H24N2O3S/c1-5-15(3)20-19(22)16-10-8-11-17(13-16)25(23,24)21(4)18-12-7-6-9-14(18)2/h6-13,15H,5H2,1-4H3,(H,20,22)/t15-/m1/s1. The number of benzene rings is 2. The van der Waals surface area contributed by atoms with E-state index in [2.05, 4.69) is 5.32 Å². The molecule has 0 radical (unpaired) electrons. The Morgan fingerprint density at radius 2 is 1.84 bits per heavy atom. The lowest BCUT2D eigenvalue weighted by molar-refractivity contribution is 0.0939. The molecule has 0 aliphatic rings. The first-order valence-corrected chi connectivity index (χ1v) is 9.67. The monoisotopic (exact) mass is 360 g/mol. The molecule has 2 aromatic carbocycles. The summed E-state index contributed by atoms with van der Waals surface area (Å²) in [7, 11) is -2.23. The van der Waals surface area contributed by atoms with Gasteiger partial charge in [-0.15, -0.1) is 0 Å². The molecule has 0 heterocycles. The first kappa shape index (κ1) is 19.0. The Morgan fingerprint density at radius 1 is 1.16 bits per heavy atom. The predicted molar refractivity (Wildman–Crippen MR) is 100 cm³/mol. The second kappa shape index (κ2) is 7.70. The van der Waals surface area contributed by atoms with E-state index in [0.717, 1.165) is 12.0 Å². The van der Waals surface area contributed by atoms with Crippen molar-refractivity contribution >= 4 is 21.6 Å². The average molecular weight is 360 g/mol. The number of hydrogen-bond acceptors (Lipinski definition) is 3. The van der Waals surface area contributed by atoms with Crippen molar-refractivity contribution in [2.24, 2.45) is 0 Å². The number of para-hydroxylation sites is 1. The molecule has 0 fully saturated rings. The highest BCUT2D eigenvalue weighted by Crippen LogP contribution is 2.25. The van der Waals surface area contributed by atoms with Crippen molar-refractivity contribution < 1.29 is 13.2 Å². The Hall–Kier alpha value is -2.34. The van der Waals surface area contributed by atoms with Crippen LogP contribution in [0.2, 0.25) is 0 Å². The van der Waals surface area contributed by atoms with Gasteiger partial charge in [0.15, 0.2) is 0 Å². The van der Waals surface area contributed by atoms with Crippen molar-refractivity contribution in [3.63, 3.8) is 0 Å². The van der Waals surface area contributed by atoms with Crippen LogP contribution in [-0.2, 0) is 10.0 Å². The summed E-state index contributed by atoms with van der Waals surface area (Å²) in [5.41, 5.74) is 1.80. The van der Waals surface area contributed by atoms with E-state index >= 15 is 0 Å². The molecule has 6 heteroatoms. The lowest BCUT2D eigenvalue weighted by Crippen LogP contribution is -2.32. The molecule has 0 aromatic heterocycles. The minimum Gasteiger partial charge on any atom is -0.350 e. The average Bonchev–Trinajstić information content (AvgIpc) is 2.61. The summed E-state index contributed by atoms with van der Waals surface area (Å²) in [6.45, 7) is 5.74. The third kappa shape index (κ3) is 4.20. The van der Waals surface area contributed by atoms with Gasteiger partial charge in [-0.3, -0.25) is 9.10 Å². The van der Waals surface area contributed by atoms with Gasteiger partial charge in [0, 0.05) is 18.7 Å². The number of nitrogens with one attached hydrogen (secondary N) is 1. The zero-order valence-corrected chi connectivity index (χ0v) is 15.8. The van der Waals surface area contributed by atoms with Crippen LogP contribution in [0.4, 0.5) is 5.69 Å². The van der Waals surface area contributed by atoms with E-state index in [1.54, 1.807) is 24.3 Å². The molecule has 0 aliphatic carbocycles. The maximum absolute atomic E-state index is 12.9. The van der Waals surface area contributed by atoms with E-state index in [4.69, 9.17) is 0 Å². The summed E-state index contributed by atoms with van der Waals surface area (Å²) in [5, 5.41) is 2.85. The first-order chi connectivity index (χ1) is 11.8. The van der Waals surface area contributed by atoms with E-state index in [0.29, 0.717) is 11.3 Å². The van der Waals surface area contributed by atoms with Crippen LogP contribution in [0.5, 0.6) is 0 Å². The van der Waals surface area contributed by atoms with Gasteiger partial charge < -0.3 is 5.32 Å². The minimum absolute atomic E-state index is 0.0300. The third-order valence-corrected chi connectivity index (χ3v) is 5.97. The third-order valence-electron chi connectivity index (χ3n) is 4.20. The zero-order valence-electron chi connectivity index (χ0n) is 15.0. The van der Waals surface area contributed by atoms with Crippen LogP contribution in [0, 0.1) is 6.92 Å². The molecular formula is C19H24N2O3S. The van der Waals surface area contributed by atoms with Crippen LogP contribution in [-0.4, -0.2) is 27.4 Å². The molecule has 1 amide bonds.